The molecule has 0 aromatic carbocycles. The number of hydrogen-bond donors (Lipinski definition) is 0. The van der Waals surface area contributed by atoms with Gasteiger partial charge < -0.3 is 28.6 Å². The summed E-state index contributed by atoms with van der Waals surface area (Å²) in [6.07, 6.45) is 54.2. The second-order valence-corrected chi connectivity index (χ2v) is 15.2. The van der Waals surface area contributed by atoms with Gasteiger partial charge in [0.2, 0.25) is 0 Å². The summed E-state index contributed by atoms with van der Waals surface area (Å²) in [5.41, 5.74) is 0. The highest BCUT2D eigenvalue weighted by Gasteiger charge is 2.25. The summed E-state index contributed by atoms with van der Waals surface area (Å²) >= 11 is 0. The third-order valence-corrected chi connectivity index (χ3v) is 8.92. The van der Waals surface area contributed by atoms with Crippen LogP contribution in [0.5, 0.6) is 0 Å². The molecular weight excluding hydrogens is 727 g/mol. The number of quaternary nitrogens is 1. The summed E-state index contributed by atoms with van der Waals surface area (Å²) in [5.74, 6) is -1.87. The van der Waals surface area contributed by atoms with Gasteiger partial charge in [-0.3, -0.25) is 9.59 Å². The molecule has 0 bridgehead atoms. The van der Waals surface area contributed by atoms with E-state index in [1.54, 1.807) is 21.1 Å². The van der Waals surface area contributed by atoms with Gasteiger partial charge in [-0.1, -0.05) is 142 Å². The molecule has 0 aliphatic carbocycles. The smallest absolute Gasteiger partial charge is 0.306 e. The van der Waals surface area contributed by atoms with Crippen molar-refractivity contribution in [3.8, 4) is 0 Å². The Hall–Kier alpha value is -4.01. The third kappa shape index (κ3) is 37.6. The number of ether oxygens (including phenoxy) is 3. The van der Waals surface area contributed by atoms with Crippen LogP contribution in [0.1, 0.15) is 136 Å². The van der Waals surface area contributed by atoms with Crippen molar-refractivity contribution in [1.82, 2.24) is 0 Å². The molecule has 0 N–H and O–H groups in total. The first-order valence-corrected chi connectivity index (χ1v) is 21.9. The summed E-state index contributed by atoms with van der Waals surface area (Å²) in [5, 5.41) is 11.6. The summed E-state index contributed by atoms with van der Waals surface area (Å²) in [4.78, 5) is 36.8. The van der Waals surface area contributed by atoms with Crippen molar-refractivity contribution in [3.05, 3.63) is 109 Å². The monoisotopic (exact) mass is 806 g/mol. The Kier molecular flexibility index (Phi) is 37.0. The quantitative estimate of drug-likeness (QED) is 0.0203. The highest BCUT2D eigenvalue weighted by Crippen LogP contribution is 2.11. The van der Waals surface area contributed by atoms with Crippen LogP contribution in [0, 0.1) is 0 Å². The fourth-order valence-corrected chi connectivity index (χ4v) is 5.50. The third-order valence-electron chi connectivity index (χ3n) is 8.92. The maximum atomic E-state index is 12.7. The molecule has 0 aliphatic rings. The van der Waals surface area contributed by atoms with Crippen LogP contribution >= 0.6 is 0 Å². The Labute approximate surface area is 353 Å². The van der Waals surface area contributed by atoms with E-state index in [4.69, 9.17) is 14.2 Å². The van der Waals surface area contributed by atoms with E-state index in [0.717, 1.165) is 77.0 Å². The van der Waals surface area contributed by atoms with Gasteiger partial charge in [-0.15, -0.1) is 0 Å². The molecule has 0 aromatic heterocycles. The lowest BCUT2D eigenvalue weighted by Gasteiger charge is -2.34. The van der Waals surface area contributed by atoms with Crippen LogP contribution in [0.2, 0.25) is 0 Å². The molecule has 0 spiro atoms. The molecule has 0 amide bonds. The molecule has 0 heterocycles. The zero-order valence-corrected chi connectivity index (χ0v) is 36.9. The van der Waals surface area contributed by atoms with Crippen LogP contribution in [0.4, 0.5) is 0 Å². The first-order chi connectivity index (χ1) is 28.1. The lowest BCUT2D eigenvalue weighted by molar-refractivity contribution is -0.889. The average Bonchev–Trinajstić information content (AvgIpc) is 3.18. The molecule has 0 radical (unpaired) electrons. The first kappa shape index (κ1) is 54.0. The van der Waals surface area contributed by atoms with Crippen molar-refractivity contribution in [1.29, 1.82) is 0 Å². The van der Waals surface area contributed by atoms with Gasteiger partial charge in [0.25, 0.3) is 0 Å². The molecule has 8 nitrogen and oxygen atoms in total. The van der Waals surface area contributed by atoms with Crippen molar-refractivity contribution < 1.29 is 38.2 Å². The standard InChI is InChI=1S/C50H79NO7/c1-6-8-10-12-14-16-18-19-20-21-22-23-24-25-26-27-28-29-31-32-34-36-38-40-48(52)57-45-46(44-56-43-42-47(50(54)55)51(3,4)5)58-49(53)41-39-37-35-33-30-17-15-13-11-9-7-2/h8,10,13-17,19-20,22-23,25-26,28-30,32,34,46-47H,6-7,9,11-12,18,21,24,27,31,33,35-45H2,1-5H3/b10-8+,15-13+,16-14+,20-19+,23-22+,26-25+,29-28+,30-17+,34-32+. The molecule has 2 unspecified atom stereocenters. The predicted molar refractivity (Wildman–Crippen MR) is 240 cm³/mol. The van der Waals surface area contributed by atoms with Crippen LogP contribution in [-0.4, -0.2) is 75.5 Å². The van der Waals surface area contributed by atoms with Gasteiger partial charge in [0.1, 0.15) is 12.6 Å². The predicted octanol–water partition coefficient (Wildman–Crippen LogP) is 10.7. The highest BCUT2D eigenvalue weighted by atomic mass is 16.6. The largest absolute Gasteiger partial charge is 0.544 e. The molecule has 58 heavy (non-hydrogen) atoms. The molecule has 0 aliphatic heterocycles. The Morgan fingerprint density at radius 3 is 1.53 bits per heavy atom. The number of allylic oxidation sites excluding steroid dienone is 18. The van der Waals surface area contributed by atoms with Crippen LogP contribution in [0.3, 0.4) is 0 Å². The Bertz CT molecular complexity index is 1310. The molecule has 0 rings (SSSR count). The molecule has 2 atom stereocenters. The van der Waals surface area contributed by atoms with Crippen molar-refractivity contribution in [2.24, 2.45) is 0 Å². The van der Waals surface area contributed by atoms with Gasteiger partial charge >= 0.3 is 11.9 Å². The van der Waals surface area contributed by atoms with E-state index in [-0.39, 0.29) is 55.5 Å². The Balaban J connectivity index is 4.45. The number of carbonyl (C=O) groups is 3. The summed E-state index contributed by atoms with van der Waals surface area (Å²) in [6, 6.07) is -0.745. The van der Waals surface area contributed by atoms with Crippen molar-refractivity contribution >= 4 is 17.9 Å². The number of hydrogen-bond acceptors (Lipinski definition) is 7. The molecule has 8 heteroatoms. The van der Waals surface area contributed by atoms with Gasteiger partial charge in [0.05, 0.1) is 40.3 Å². The van der Waals surface area contributed by atoms with Crippen LogP contribution in [0.25, 0.3) is 0 Å². The molecule has 0 saturated heterocycles. The minimum Gasteiger partial charge on any atom is -0.544 e. The molecule has 326 valence electrons. The minimum atomic E-state index is -1.14. The molecule has 0 aromatic rings. The van der Waals surface area contributed by atoms with Crippen LogP contribution in [-0.2, 0) is 28.6 Å². The Morgan fingerprint density at radius 2 is 1.03 bits per heavy atom. The normalized spacial score (nSPS) is 14.0. The molecule has 0 saturated carbocycles. The van der Waals surface area contributed by atoms with Crippen LogP contribution in [0.15, 0.2) is 109 Å². The highest BCUT2D eigenvalue weighted by molar-refractivity contribution is 5.70. The summed E-state index contributed by atoms with van der Waals surface area (Å²) < 4.78 is 17.0. The number of carboxylic acid groups (broad SMARTS) is 1. The van der Waals surface area contributed by atoms with E-state index in [9.17, 15) is 19.5 Å². The van der Waals surface area contributed by atoms with Gasteiger partial charge in [-0.2, -0.15) is 0 Å². The number of unbranched alkanes of at least 4 members (excludes halogenated alkanes) is 6. The maximum absolute atomic E-state index is 12.7. The van der Waals surface area contributed by atoms with E-state index in [1.807, 2.05) is 0 Å². The summed E-state index contributed by atoms with van der Waals surface area (Å²) in [6.45, 7) is 4.37. The van der Waals surface area contributed by atoms with E-state index >= 15 is 0 Å². The molecular formula is C50H79NO7. The lowest BCUT2D eigenvalue weighted by Crippen LogP contribution is -2.55. The zero-order valence-electron chi connectivity index (χ0n) is 36.9. The van der Waals surface area contributed by atoms with E-state index in [2.05, 4.69) is 123 Å². The number of likely N-dealkylation sites (N-methyl/N-ethyl adjacent to an activating group) is 1. The lowest BCUT2D eigenvalue weighted by atomic mass is 10.1. The van der Waals surface area contributed by atoms with Crippen molar-refractivity contribution in [3.63, 3.8) is 0 Å². The van der Waals surface area contributed by atoms with Crippen molar-refractivity contribution in [2.45, 2.75) is 148 Å². The van der Waals surface area contributed by atoms with Crippen LogP contribution < -0.4 is 5.11 Å². The number of aliphatic carboxylic acids is 1. The number of esters is 2. The first-order valence-electron chi connectivity index (χ1n) is 21.9. The number of carboxylic acids is 1. The minimum absolute atomic E-state index is 0.00380. The van der Waals surface area contributed by atoms with E-state index < -0.39 is 18.1 Å². The Morgan fingerprint density at radius 1 is 0.552 bits per heavy atom. The maximum Gasteiger partial charge on any atom is 0.306 e. The molecule has 0 fully saturated rings. The summed E-state index contributed by atoms with van der Waals surface area (Å²) in [7, 11) is 5.36. The zero-order chi connectivity index (χ0) is 42.8. The van der Waals surface area contributed by atoms with Gasteiger partial charge in [0.15, 0.2) is 6.10 Å². The topological polar surface area (TPSA) is 102 Å². The average molecular weight is 806 g/mol. The second kappa shape index (κ2) is 39.8. The van der Waals surface area contributed by atoms with Crippen molar-refractivity contribution in [2.75, 3.05) is 41.0 Å². The van der Waals surface area contributed by atoms with Gasteiger partial charge in [-0.25, -0.2) is 0 Å². The fourth-order valence-electron chi connectivity index (χ4n) is 5.50. The van der Waals surface area contributed by atoms with E-state index in [1.165, 1.54) is 12.8 Å². The van der Waals surface area contributed by atoms with E-state index in [0.29, 0.717) is 12.8 Å². The fraction of sp³-hybridized carbons (Fsp3) is 0.580. The number of nitrogens with zero attached hydrogens (tertiary/aromatic N) is 1. The number of rotatable bonds is 37. The van der Waals surface area contributed by atoms with Gasteiger partial charge in [-0.05, 0) is 83.5 Å². The van der Waals surface area contributed by atoms with Gasteiger partial charge in [0, 0.05) is 19.3 Å². The second-order valence-electron chi connectivity index (χ2n) is 15.2. The number of carbonyl (C=O) groups excluding carboxylic acids is 3. The SMILES string of the molecule is CC/C=C/C/C=C/C/C=C/C/C=C/C/C=C/C/C=C/C/C=C/CCCC(=O)OCC(COCCC(C(=O)[O-])[N+](C)(C)C)OC(=O)CCCCC/C=C/C=C/CCCC.